The molecule has 1 amide bonds. The zero-order valence-electron chi connectivity index (χ0n) is 15.3. The van der Waals surface area contributed by atoms with Crippen molar-refractivity contribution in [2.24, 2.45) is 5.41 Å². The van der Waals surface area contributed by atoms with Crippen molar-refractivity contribution < 1.29 is 18.3 Å². The first-order chi connectivity index (χ1) is 12.7. The molecule has 0 bridgehead atoms. The van der Waals surface area contributed by atoms with Gasteiger partial charge in [0.1, 0.15) is 10.6 Å². The monoisotopic (exact) mass is 389 g/mol. The van der Waals surface area contributed by atoms with Gasteiger partial charge in [-0.15, -0.1) is 0 Å². The van der Waals surface area contributed by atoms with Crippen LogP contribution in [0.25, 0.3) is 0 Å². The molecular formula is C19H23N3O4S. The molecule has 1 aliphatic heterocycles. The first-order valence-electron chi connectivity index (χ1n) is 8.73. The fraction of sp³-hybridized carbons (Fsp3) is 0.368. The predicted molar refractivity (Wildman–Crippen MR) is 102 cm³/mol. The van der Waals surface area contributed by atoms with E-state index in [4.69, 9.17) is 0 Å². The van der Waals surface area contributed by atoms with Gasteiger partial charge < -0.3 is 10.0 Å². The van der Waals surface area contributed by atoms with Crippen LogP contribution in [-0.2, 0) is 10.0 Å². The number of benzene rings is 1. The van der Waals surface area contributed by atoms with E-state index in [2.05, 4.69) is 23.6 Å². The Hall–Kier alpha value is -2.61. The smallest absolute Gasteiger partial charge is 0.262 e. The molecule has 1 aromatic carbocycles. The SMILES string of the molecule is CC1(C)CCCN(C(=O)c2ccccc2S(=O)(=O)Nc2cncc(O)c2)C1. The number of carbonyl (C=O) groups excluding carboxylic acids is 1. The molecule has 2 N–H and O–H groups in total. The summed E-state index contributed by atoms with van der Waals surface area (Å²) >= 11 is 0. The van der Waals surface area contributed by atoms with Gasteiger partial charge in [0.15, 0.2) is 0 Å². The number of anilines is 1. The molecule has 1 fully saturated rings. The third-order valence-electron chi connectivity index (χ3n) is 4.57. The lowest BCUT2D eigenvalue weighted by Gasteiger charge is -2.38. The number of nitrogens with zero attached hydrogens (tertiary/aromatic N) is 2. The maximum Gasteiger partial charge on any atom is 0.262 e. The second-order valence-electron chi connectivity index (χ2n) is 7.53. The van der Waals surface area contributed by atoms with Gasteiger partial charge in [-0.3, -0.25) is 14.5 Å². The molecule has 0 radical (unpaired) electrons. The minimum atomic E-state index is -4.02. The molecule has 0 spiro atoms. The summed E-state index contributed by atoms with van der Waals surface area (Å²) in [6, 6.07) is 7.41. The number of hydrogen-bond acceptors (Lipinski definition) is 5. The fourth-order valence-electron chi connectivity index (χ4n) is 3.34. The van der Waals surface area contributed by atoms with Gasteiger partial charge >= 0.3 is 0 Å². The van der Waals surface area contributed by atoms with Crippen LogP contribution in [0.15, 0.2) is 47.6 Å². The Balaban J connectivity index is 1.92. The molecular weight excluding hydrogens is 366 g/mol. The number of rotatable bonds is 4. The van der Waals surface area contributed by atoms with Crippen LogP contribution in [0, 0.1) is 5.41 Å². The fourth-order valence-corrected chi connectivity index (χ4v) is 4.57. The predicted octanol–water partition coefficient (Wildman–Crippen LogP) is 2.85. The largest absolute Gasteiger partial charge is 0.506 e. The van der Waals surface area contributed by atoms with Gasteiger partial charge in [-0.1, -0.05) is 26.0 Å². The number of piperidine rings is 1. The zero-order valence-corrected chi connectivity index (χ0v) is 16.2. The maximum absolute atomic E-state index is 13.0. The molecule has 1 saturated heterocycles. The van der Waals surface area contributed by atoms with Gasteiger partial charge in [0.05, 0.1) is 23.6 Å². The number of aromatic hydroxyl groups is 1. The van der Waals surface area contributed by atoms with Crippen LogP contribution in [0.1, 0.15) is 37.0 Å². The van der Waals surface area contributed by atoms with E-state index in [1.165, 1.54) is 30.6 Å². The van der Waals surface area contributed by atoms with Gasteiger partial charge in [0.2, 0.25) is 0 Å². The highest BCUT2D eigenvalue weighted by Gasteiger charge is 2.32. The van der Waals surface area contributed by atoms with Crippen LogP contribution >= 0.6 is 0 Å². The first kappa shape index (κ1) is 19.2. The highest BCUT2D eigenvalue weighted by Crippen LogP contribution is 2.30. The summed E-state index contributed by atoms with van der Waals surface area (Å²) in [6.07, 6.45) is 4.41. The van der Waals surface area contributed by atoms with E-state index in [-0.39, 0.29) is 33.2 Å². The quantitative estimate of drug-likeness (QED) is 0.838. The van der Waals surface area contributed by atoms with Gasteiger partial charge in [-0.2, -0.15) is 0 Å². The lowest BCUT2D eigenvalue weighted by atomic mass is 9.84. The summed E-state index contributed by atoms with van der Waals surface area (Å²) in [5.74, 6) is -0.451. The van der Waals surface area contributed by atoms with Crippen LogP contribution in [-0.4, -0.2) is 42.4 Å². The number of hydrogen-bond donors (Lipinski definition) is 2. The van der Waals surface area contributed by atoms with E-state index >= 15 is 0 Å². The number of sulfonamides is 1. The van der Waals surface area contributed by atoms with Gasteiger partial charge in [-0.25, -0.2) is 8.42 Å². The second-order valence-corrected chi connectivity index (χ2v) is 9.18. The van der Waals surface area contributed by atoms with E-state index in [9.17, 15) is 18.3 Å². The van der Waals surface area contributed by atoms with E-state index in [1.807, 2.05) is 0 Å². The molecule has 0 unspecified atom stereocenters. The Morgan fingerprint density at radius 2 is 2.00 bits per heavy atom. The average Bonchev–Trinajstić information content (AvgIpc) is 2.60. The Labute approximate surface area is 159 Å². The summed E-state index contributed by atoms with van der Waals surface area (Å²) in [7, 11) is -4.02. The minimum Gasteiger partial charge on any atom is -0.506 e. The number of amides is 1. The van der Waals surface area contributed by atoms with Crippen molar-refractivity contribution in [3.05, 3.63) is 48.3 Å². The van der Waals surface area contributed by atoms with E-state index in [1.54, 1.807) is 17.0 Å². The minimum absolute atomic E-state index is 0.00716. The van der Waals surface area contributed by atoms with Crippen molar-refractivity contribution in [1.82, 2.24) is 9.88 Å². The van der Waals surface area contributed by atoms with Gasteiger partial charge in [0, 0.05) is 19.2 Å². The topological polar surface area (TPSA) is 99.6 Å². The maximum atomic E-state index is 13.0. The zero-order chi connectivity index (χ0) is 19.7. The Bertz CT molecular complexity index is 957. The van der Waals surface area contributed by atoms with Crippen molar-refractivity contribution in [3.63, 3.8) is 0 Å². The summed E-state index contributed by atoms with van der Waals surface area (Å²) in [5, 5.41) is 9.48. The third-order valence-corrected chi connectivity index (χ3v) is 6.01. The lowest BCUT2D eigenvalue weighted by Crippen LogP contribution is -2.44. The van der Waals surface area contributed by atoms with Crippen LogP contribution in [0.2, 0.25) is 0 Å². The number of likely N-dealkylation sites (tertiary alicyclic amines) is 1. The summed E-state index contributed by atoms with van der Waals surface area (Å²) in [4.78, 5) is 18.4. The van der Waals surface area contributed by atoms with E-state index < -0.39 is 10.0 Å². The third kappa shape index (κ3) is 4.39. The van der Waals surface area contributed by atoms with Gasteiger partial charge in [0.25, 0.3) is 15.9 Å². The highest BCUT2D eigenvalue weighted by atomic mass is 32.2. The van der Waals surface area contributed by atoms with Crippen LogP contribution in [0.3, 0.4) is 0 Å². The normalized spacial score (nSPS) is 16.7. The lowest BCUT2D eigenvalue weighted by molar-refractivity contribution is 0.0579. The van der Waals surface area contributed by atoms with Crippen molar-refractivity contribution in [1.29, 1.82) is 0 Å². The molecule has 1 aromatic heterocycles. The molecule has 144 valence electrons. The number of aromatic nitrogens is 1. The molecule has 7 nitrogen and oxygen atoms in total. The van der Waals surface area contributed by atoms with Crippen LogP contribution in [0.4, 0.5) is 5.69 Å². The molecule has 2 heterocycles. The Morgan fingerprint density at radius 1 is 1.26 bits per heavy atom. The Kier molecular flexibility index (Phi) is 5.10. The van der Waals surface area contributed by atoms with Crippen molar-refractivity contribution in [3.8, 4) is 5.75 Å². The molecule has 1 aliphatic rings. The van der Waals surface area contributed by atoms with Crippen LogP contribution in [0.5, 0.6) is 5.75 Å². The van der Waals surface area contributed by atoms with Gasteiger partial charge in [-0.05, 0) is 30.4 Å². The molecule has 0 aliphatic carbocycles. The summed E-state index contributed by atoms with van der Waals surface area (Å²) < 4.78 is 28.1. The second kappa shape index (κ2) is 7.19. The molecule has 27 heavy (non-hydrogen) atoms. The van der Waals surface area contributed by atoms with Crippen molar-refractivity contribution in [2.75, 3.05) is 17.8 Å². The van der Waals surface area contributed by atoms with Crippen molar-refractivity contribution >= 4 is 21.6 Å². The number of nitrogens with one attached hydrogen (secondary N) is 1. The molecule has 0 atom stereocenters. The molecule has 0 saturated carbocycles. The molecule has 8 heteroatoms. The number of pyridine rings is 1. The van der Waals surface area contributed by atoms with E-state index in [0.717, 1.165) is 12.8 Å². The average molecular weight is 389 g/mol. The van der Waals surface area contributed by atoms with E-state index in [0.29, 0.717) is 13.1 Å². The first-order valence-corrected chi connectivity index (χ1v) is 10.2. The molecule has 3 rings (SSSR count). The number of carbonyl (C=O) groups is 1. The van der Waals surface area contributed by atoms with Crippen LogP contribution < -0.4 is 4.72 Å². The summed E-state index contributed by atoms with van der Waals surface area (Å²) in [6.45, 7) is 5.40. The highest BCUT2D eigenvalue weighted by molar-refractivity contribution is 7.92. The Morgan fingerprint density at radius 3 is 2.70 bits per heavy atom. The van der Waals surface area contributed by atoms with Crippen molar-refractivity contribution in [2.45, 2.75) is 31.6 Å². The standard InChI is InChI=1S/C19H23N3O4S/c1-19(2)8-5-9-22(13-19)18(24)16-6-3-4-7-17(16)27(25,26)21-14-10-15(23)12-20-11-14/h3-4,6-7,10-12,21,23H,5,8-9,13H2,1-2H3. The molecule has 2 aromatic rings. The summed E-state index contributed by atoms with van der Waals surface area (Å²) in [5.41, 5.74) is 0.264.